The van der Waals surface area contributed by atoms with E-state index < -0.39 is 22.7 Å². The third-order valence-corrected chi connectivity index (χ3v) is 5.31. The van der Waals surface area contributed by atoms with E-state index in [1.807, 2.05) is 11.8 Å². The van der Waals surface area contributed by atoms with Gasteiger partial charge in [-0.3, -0.25) is 10.1 Å². The summed E-state index contributed by atoms with van der Waals surface area (Å²) in [6, 6.07) is 8.67. The lowest BCUT2D eigenvalue weighted by Gasteiger charge is -2.37. The van der Waals surface area contributed by atoms with Crippen molar-refractivity contribution in [2.75, 3.05) is 11.4 Å². The number of benzene rings is 2. The summed E-state index contributed by atoms with van der Waals surface area (Å²) in [7, 11) is 0. The van der Waals surface area contributed by atoms with E-state index in [-0.39, 0.29) is 11.3 Å². The normalized spacial score (nSPS) is 19.7. The van der Waals surface area contributed by atoms with E-state index in [0.29, 0.717) is 24.2 Å². The van der Waals surface area contributed by atoms with Gasteiger partial charge in [0.1, 0.15) is 11.5 Å². The molecule has 1 atom stereocenters. The molecule has 1 saturated heterocycles. The Balaban J connectivity index is 1.94. The van der Waals surface area contributed by atoms with Crippen LogP contribution in [0.25, 0.3) is 0 Å². The number of halogens is 3. The van der Waals surface area contributed by atoms with Crippen LogP contribution in [-0.4, -0.2) is 17.0 Å². The summed E-state index contributed by atoms with van der Waals surface area (Å²) in [5.41, 5.74) is 0.947. The van der Waals surface area contributed by atoms with Crippen molar-refractivity contribution in [2.24, 2.45) is 0 Å². The Kier molecular flexibility index (Phi) is 5.13. The fourth-order valence-corrected chi connectivity index (χ4v) is 3.86. The summed E-state index contributed by atoms with van der Waals surface area (Å²) >= 11 is 0. The minimum atomic E-state index is -2.51. The second-order valence-electron chi connectivity index (χ2n) is 7.32. The van der Waals surface area contributed by atoms with E-state index in [1.54, 1.807) is 19.1 Å². The molecule has 3 rings (SSSR count). The van der Waals surface area contributed by atoms with E-state index in [1.165, 1.54) is 18.2 Å². The maximum absolute atomic E-state index is 13.9. The molecule has 27 heavy (non-hydrogen) atoms. The lowest BCUT2D eigenvalue weighted by Crippen LogP contribution is -2.43. The van der Waals surface area contributed by atoms with Crippen LogP contribution in [0.4, 0.5) is 24.5 Å². The highest BCUT2D eigenvalue weighted by atomic mass is 19.3. The molecule has 1 aliphatic rings. The van der Waals surface area contributed by atoms with Crippen molar-refractivity contribution in [3.05, 3.63) is 69.0 Å². The van der Waals surface area contributed by atoms with Crippen molar-refractivity contribution < 1.29 is 18.1 Å². The van der Waals surface area contributed by atoms with Gasteiger partial charge in [-0.1, -0.05) is 24.3 Å². The molecular weight excluding hydrogens is 357 g/mol. The van der Waals surface area contributed by atoms with Gasteiger partial charge in [-0.2, -0.15) is 0 Å². The highest BCUT2D eigenvalue weighted by molar-refractivity contribution is 5.67. The Morgan fingerprint density at radius 3 is 2.52 bits per heavy atom. The molecule has 4 nitrogen and oxygen atoms in total. The number of rotatable bonds is 5. The van der Waals surface area contributed by atoms with Crippen LogP contribution in [0.5, 0.6) is 0 Å². The Labute approximate surface area is 155 Å². The van der Waals surface area contributed by atoms with Crippen LogP contribution in [0.1, 0.15) is 42.9 Å². The van der Waals surface area contributed by atoms with Crippen LogP contribution in [0.3, 0.4) is 0 Å². The zero-order valence-corrected chi connectivity index (χ0v) is 15.2. The first-order chi connectivity index (χ1) is 12.7. The molecular formula is C20H21F3N2O2. The highest BCUT2D eigenvalue weighted by Gasteiger charge is 2.39. The number of nitro groups is 1. The molecule has 0 bridgehead atoms. The zero-order chi connectivity index (χ0) is 19.8. The van der Waals surface area contributed by atoms with Gasteiger partial charge >= 0.3 is 0 Å². The van der Waals surface area contributed by atoms with Gasteiger partial charge in [0.15, 0.2) is 0 Å². The quantitative estimate of drug-likeness (QED) is 0.504. The molecule has 7 heteroatoms. The second kappa shape index (κ2) is 7.21. The molecule has 1 aliphatic heterocycles. The van der Waals surface area contributed by atoms with Gasteiger partial charge in [0.05, 0.1) is 11.0 Å². The molecule has 2 aromatic rings. The van der Waals surface area contributed by atoms with Gasteiger partial charge in [-0.05, 0) is 50.3 Å². The number of anilines is 1. The minimum Gasteiger partial charge on any atom is -0.360 e. The number of hydrogen-bond acceptors (Lipinski definition) is 3. The van der Waals surface area contributed by atoms with E-state index in [4.69, 9.17) is 0 Å². The summed E-state index contributed by atoms with van der Waals surface area (Å²) in [6.45, 7) is 4.21. The molecule has 0 amide bonds. The lowest BCUT2D eigenvalue weighted by molar-refractivity contribution is -0.384. The van der Waals surface area contributed by atoms with E-state index >= 15 is 0 Å². The van der Waals surface area contributed by atoms with Gasteiger partial charge < -0.3 is 4.90 Å². The van der Waals surface area contributed by atoms with Crippen molar-refractivity contribution >= 4 is 11.4 Å². The highest BCUT2D eigenvalue weighted by Crippen LogP contribution is 2.41. The van der Waals surface area contributed by atoms with Crippen molar-refractivity contribution in [1.82, 2.24) is 0 Å². The molecule has 1 unspecified atom stereocenters. The predicted molar refractivity (Wildman–Crippen MR) is 97.9 cm³/mol. The molecule has 0 radical (unpaired) electrons. The summed E-state index contributed by atoms with van der Waals surface area (Å²) in [6.07, 6.45) is -0.303. The molecule has 0 saturated carbocycles. The third-order valence-electron chi connectivity index (χ3n) is 5.31. The van der Waals surface area contributed by atoms with E-state index in [0.717, 1.165) is 24.5 Å². The largest absolute Gasteiger partial charge is 0.360 e. The predicted octanol–water partition coefficient (Wildman–Crippen LogP) is 5.58. The van der Waals surface area contributed by atoms with Gasteiger partial charge in [-0.25, -0.2) is 13.2 Å². The van der Waals surface area contributed by atoms with E-state index in [9.17, 15) is 23.3 Å². The average Bonchev–Trinajstić information content (AvgIpc) is 2.98. The average molecular weight is 378 g/mol. The third kappa shape index (κ3) is 3.77. The molecule has 2 aromatic carbocycles. The van der Waals surface area contributed by atoms with Crippen LogP contribution in [0.15, 0.2) is 36.4 Å². The van der Waals surface area contributed by atoms with E-state index in [2.05, 4.69) is 0 Å². The van der Waals surface area contributed by atoms with Crippen molar-refractivity contribution in [1.29, 1.82) is 0 Å². The lowest BCUT2D eigenvalue weighted by atomic mass is 9.89. The molecule has 0 aliphatic carbocycles. The minimum absolute atomic E-state index is 0.0306. The van der Waals surface area contributed by atoms with Crippen LogP contribution in [-0.2, 0) is 6.42 Å². The SMILES string of the molecule is Cc1cc(N2CCCC2(C)Cc2ccc(C(F)F)cc2)c([N+](=O)[O-])cc1F. The number of nitro benzene ring substituents is 1. The fourth-order valence-electron chi connectivity index (χ4n) is 3.86. The van der Waals surface area contributed by atoms with Crippen LogP contribution in [0, 0.1) is 22.9 Å². The Hall–Kier alpha value is -2.57. The number of aryl methyl sites for hydroxylation is 1. The number of hydrogen-bond donors (Lipinski definition) is 0. The van der Waals surface area contributed by atoms with Gasteiger partial charge in [0.25, 0.3) is 12.1 Å². The molecule has 144 valence electrons. The first kappa shape index (κ1) is 19.2. The van der Waals surface area contributed by atoms with Crippen molar-refractivity contribution in [3.63, 3.8) is 0 Å². The molecule has 1 fully saturated rings. The maximum atomic E-state index is 13.9. The first-order valence-corrected chi connectivity index (χ1v) is 8.80. The standard InChI is InChI=1S/C20H21F3N2O2/c1-13-10-17(18(25(26)27)11-16(13)21)24-9-3-8-20(24,2)12-14-4-6-15(7-5-14)19(22)23/h4-7,10-11,19H,3,8-9,12H2,1-2H3. The Bertz CT molecular complexity index is 855. The summed E-state index contributed by atoms with van der Waals surface area (Å²) in [5.74, 6) is -0.603. The Morgan fingerprint density at radius 2 is 1.93 bits per heavy atom. The number of nitrogens with zero attached hydrogens (tertiary/aromatic N) is 2. The topological polar surface area (TPSA) is 46.4 Å². The maximum Gasteiger partial charge on any atom is 0.295 e. The van der Waals surface area contributed by atoms with Gasteiger partial charge in [0, 0.05) is 17.6 Å². The van der Waals surface area contributed by atoms with Crippen molar-refractivity contribution in [2.45, 2.75) is 45.1 Å². The van der Waals surface area contributed by atoms with Crippen molar-refractivity contribution in [3.8, 4) is 0 Å². The van der Waals surface area contributed by atoms with Gasteiger partial charge in [-0.15, -0.1) is 0 Å². The second-order valence-corrected chi connectivity index (χ2v) is 7.32. The molecule has 0 aromatic heterocycles. The first-order valence-electron chi connectivity index (χ1n) is 8.80. The molecule has 0 N–H and O–H groups in total. The summed E-state index contributed by atoms with van der Waals surface area (Å²) in [5, 5.41) is 11.5. The zero-order valence-electron chi connectivity index (χ0n) is 15.2. The smallest absolute Gasteiger partial charge is 0.295 e. The van der Waals surface area contributed by atoms with Crippen LogP contribution < -0.4 is 4.90 Å². The summed E-state index contributed by atoms with van der Waals surface area (Å²) in [4.78, 5) is 12.8. The molecule has 1 heterocycles. The molecule has 0 spiro atoms. The van der Waals surface area contributed by atoms with Gasteiger partial charge in [0.2, 0.25) is 0 Å². The van der Waals surface area contributed by atoms with Crippen LogP contribution >= 0.6 is 0 Å². The monoisotopic (exact) mass is 378 g/mol. The fraction of sp³-hybridized carbons (Fsp3) is 0.400. The van der Waals surface area contributed by atoms with Crippen LogP contribution in [0.2, 0.25) is 0 Å². The summed E-state index contributed by atoms with van der Waals surface area (Å²) < 4.78 is 39.4. The number of alkyl halides is 2. The Morgan fingerprint density at radius 1 is 1.26 bits per heavy atom.